The molecule has 2 N–H and O–H groups in total. The Hall–Kier alpha value is -2.66. The summed E-state index contributed by atoms with van der Waals surface area (Å²) in [7, 11) is 0. The molecule has 128 valence electrons. The van der Waals surface area contributed by atoms with Gasteiger partial charge in [-0.2, -0.15) is 0 Å². The summed E-state index contributed by atoms with van der Waals surface area (Å²) in [4.78, 5) is 12.2. The maximum atomic E-state index is 13.2. The van der Waals surface area contributed by atoms with E-state index in [1.807, 2.05) is 18.2 Å². The van der Waals surface area contributed by atoms with Crippen LogP contribution in [-0.2, 0) is 17.6 Å². The lowest BCUT2D eigenvalue weighted by Crippen LogP contribution is -2.29. The van der Waals surface area contributed by atoms with Crippen LogP contribution in [-0.4, -0.2) is 16.3 Å². The molecule has 2 atom stereocenters. The van der Waals surface area contributed by atoms with E-state index in [1.165, 1.54) is 17.7 Å². The van der Waals surface area contributed by atoms with Gasteiger partial charge in [-0.3, -0.25) is 9.89 Å². The summed E-state index contributed by atoms with van der Waals surface area (Å²) in [5.74, 6) is -0.302. The Balaban J connectivity index is 1.58. The lowest BCUT2D eigenvalue weighted by Gasteiger charge is -2.30. The van der Waals surface area contributed by atoms with Gasteiger partial charge in [0.05, 0.1) is 11.7 Å². The van der Waals surface area contributed by atoms with Gasteiger partial charge in [0.2, 0.25) is 0 Å². The molecule has 0 aliphatic carbocycles. The third-order valence-corrected chi connectivity index (χ3v) is 4.69. The number of halogens is 1. The molecule has 0 fully saturated rings. The van der Waals surface area contributed by atoms with E-state index in [-0.39, 0.29) is 17.5 Å². The molecular weight excluding hydrogens is 319 g/mol. The molecule has 25 heavy (non-hydrogen) atoms. The lowest BCUT2D eigenvalue weighted by atomic mass is 9.93. The summed E-state index contributed by atoms with van der Waals surface area (Å²) in [6.45, 7) is 0. The standard InChI is InChI=1S/C20H19FN2O2/c21-15-9-7-14(8-10-15)19-18-17(22-23-20(18)24)12-16(25-19)11-6-13-4-2-1-3-5-13/h1-5,7-10,16,19H,6,11-12H2,(H2,22,23,24)/t16-,19+/m1/s1. The molecule has 0 spiro atoms. The molecule has 2 heterocycles. The highest BCUT2D eigenvalue weighted by Crippen LogP contribution is 2.33. The van der Waals surface area contributed by atoms with Gasteiger partial charge in [0.15, 0.2) is 0 Å². The molecule has 5 heteroatoms. The van der Waals surface area contributed by atoms with Crippen LogP contribution in [0.3, 0.4) is 0 Å². The summed E-state index contributed by atoms with van der Waals surface area (Å²) in [5.41, 5.74) is 3.35. The van der Waals surface area contributed by atoms with Crippen molar-refractivity contribution >= 4 is 0 Å². The Bertz CT molecular complexity index is 899. The number of benzene rings is 2. The third kappa shape index (κ3) is 3.28. The Morgan fingerprint density at radius 2 is 1.80 bits per heavy atom. The summed E-state index contributed by atoms with van der Waals surface area (Å²) in [6, 6.07) is 16.4. The van der Waals surface area contributed by atoms with E-state index < -0.39 is 6.10 Å². The zero-order valence-corrected chi connectivity index (χ0v) is 13.7. The molecule has 1 aromatic heterocycles. The first kappa shape index (κ1) is 15.8. The number of rotatable bonds is 4. The molecule has 4 nitrogen and oxygen atoms in total. The van der Waals surface area contributed by atoms with E-state index >= 15 is 0 Å². The van der Waals surface area contributed by atoms with Gasteiger partial charge in [-0.1, -0.05) is 42.5 Å². The summed E-state index contributed by atoms with van der Waals surface area (Å²) >= 11 is 0. The number of hydrogen-bond acceptors (Lipinski definition) is 2. The third-order valence-electron chi connectivity index (χ3n) is 4.69. The van der Waals surface area contributed by atoms with Crippen molar-refractivity contribution in [1.29, 1.82) is 0 Å². The van der Waals surface area contributed by atoms with Crippen molar-refractivity contribution in [3.63, 3.8) is 0 Å². The minimum atomic E-state index is -0.472. The molecule has 3 aromatic rings. The molecule has 0 radical (unpaired) electrons. The summed E-state index contributed by atoms with van der Waals surface area (Å²) in [6.07, 6.45) is 1.95. The average Bonchev–Trinajstić information content (AvgIpc) is 3.02. The largest absolute Gasteiger partial charge is 0.365 e. The quantitative estimate of drug-likeness (QED) is 0.765. The number of fused-ring (bicyclic) bond motifs is 1. The first-order chi connectivity index (χ1) is 12.2. The molecule has 4 rings (SSSR count). The van der Waals surface area contributed by atoms with Crippen molar-refractivity contribution in [2.24, 2.45) is 0 Å². The number of H-pyrrole nitrogens is 2. The van der Waals surface area contributed by atoms with Crippen molar-refractivity contribution < 1.29 is 9.13 Å². The van der Waals surface area contributed by atoms with Gasteiger partial charge in [0.1, 0.15) is 11.9 Å². The van der Waals surface area contributed by atoms with Crippen molar-refractivity contribution in [3.05, 3.63) is 93.2 Å². The second-order valence-electron chi connectivity index (χ2n) is 6.39. The molecule has 0 saturated heterocycles. The smallest absolute Gasteiger partial charge is 0.270 e. The molecule has 0 bridgehead atoms. The fourth-order valence-corrected chi connectivity index (χ4v) is 3.40. The average molecular weight is 338 g/mol. The zero-order valence-electron chi connectivity index (χ0n) is 13.7. The first-order valence-corrected chi connectivity index (χ1v) is 8.45. The van der Waals surface area contributed by atoms with Crippen LogP contribution in [0.2, 0.25) is 0 Å². The van der Waals surface area contributed by atoms with Crippen molar-refractivity contribution in [2.45, 2.75) is 31.5 Å². The highest BCUT2D eigenvalue weighted by molar-refractivity contribution is 5.33. The molecule has 1 aliphatic heterocycles. The highest BCUT2D eigenvalue weighted by atomic mass is 19.1. The predicted molar refractivity (Wildman–Crippen MR) is 93.0 cm³/mol. The number of aryl methyl sites for hydroxylation is 1. The van der Waals surface area contributed by atoms with Crippen molar-refractivity contribution in [3.8, 4) is 0 Å². The fourth-order valence-electron chi connectivity index (χ4n) is 3.40. The first-order valence-electron chi connectivity index (χ1n) is 8.45. The van der Waals surface area contributed by atoms with Crippen molar-refractivity contribution in [2.75, 3.05) is 0 Å². The molecule has 0 saturated carbocycles. The van der Waals surface area contributed by atoms with E-state index in [1.54, 1.807) is 12.1 Å². The monoisotopic (exact) mass is 338 g/mol. The van der Waals surface area contributed by atoms with Crippen LogP contribution in [0.4, 0.5) is 4.39 Å². The van der Waals surface area contributed by atoms with E-state index in [0.29, 0.717) is 12.0 Å². The van der Waals surface area contributed by atoms with Gasteiger partial charge < -0.3 is 9.84 Å². The SMILES string of the molecule is O=c1[nH][nH]c2c1[C@H](c1ccc(F)cc1)O[C@H](CCc1ccccc1)C2. The van der Waals surface area contributed by atoms with Crippen molar-refractivity contribution in [1.82, 2.24) is 10.2 Å². The van der Waals surface area contributed by atoms with Gasteiger partial charge >= 0.3 is 0 Å². The molecular formula is C20H19FN2O2. The fraction of sp³-hybridized carbons (Fsp3) is 0.250. The Labute approximate surface area is 144 Å². The topological polar surface area (TPSA) is 57.9 Å². The summed E-state index contributed by atoms with van der Waals surface area (Å²) < 4.78 is 19.5. The van der Waals surface area contributed by atoms with Gasteiger partial charge in [-0.15, -0.1) is 0 Å². The van der Waals surface area contributed by atoms with Gasteiger partial charge in [-0.05, 0) is 36.1 Å². The van der Waals surface area contributed by atoms with Gasteiger partial charge in [0, 0.05) is 12.1 Å². The lowest BCUT2D eigenvalue weighted by molar-refractivity contribution is -0.00909. The Morgan fingerprint density at radius 3 is 2.56 bits per heavy atom. The normalized spacial score (nSPS) is 19.6. The Kier molecular flexibility index (Phi) is 4.24. The Morgan fingerprint density at radius 1 is 1.04 bits per heavy atom. The van der Waals surface area contributed by atoms with E-state index in [9.17, 15) is 9.18 Å². The maximum Gasteiger partial charge on any atom is 0.270 e. The number of ether oxygens (including phenoxy) is 1. The van der Waals surface area contributed by atoms with Crippen LogP contribution < -0.4 is 5.56 Å². The second kappa shape index (κ2) is 6.69. The minimum Gasteiger partial charge on any atom is -0.365 e. The predicted octanol–water partition coefficient (Wildman–Crippen LogP) is 3.51. The second-order valence-corrected chi connectivity index (χ2v) is 6.39. The van der Waals surface area contributed by atoms with Crippen LogP contribution in [0.25, 0.3) is 0 Å². The van der Waals surface area contributed by atoms with Crippen LogP contribution in [0.15, 0.2) is 59.4 Å². The van der Waals surface area contributed by atoms with E-state index in [4.69, 9.17) is 4.74 Å². The molecule has 0 amide bonds. The number of aromatic nitrogens is 2. The highest BCUT2D eigenvalue weighted by Gasteiger charge is 2.32. The van der Waals surface area contributed by atoms with Crippen LogP contribution in [0.1, 0.15) is 34.9 Å². The van der Waals surface area contributed by atoms with E-state index in [0.717, 1.165) is 24.1 Å². The maximum absolute atomic E-state index is 13.2. The number of nitrogens with one attached hydrogen (secondary N) is 2. The van der Waals surface area contributed by atoms with Crippen LogP contribution in [0, 0.1) is 5.82 Å². The van der Waals surface area contributed by atoms with E-state index in [2.05, 4.69) is 22.3 Å². The summed E-state index contributed by atoms with van der Waals surface area (Å²) in [5, 5.41) is 5.62. The minimum absolute atomic E-state index is 0.00536. The van der Waals surface area contributed by atoms with Crippen LogP contribution in [0.5, 0.6) is 0 Å². The number of hydrogen-bond donors (Lipinski definition) is 2. The molecule has 2 aromatic carbocycles. The number of aromatic amines is 2. The zero-order chi connectivity index (χ0) is 17.2. The van der Waals surface area contributed by atoms with Crippen LogP contribution >= 0.6 is 0 Å². The molecule has 0 unspecified atom stereocenters. The van der Waals surface area contributed by atoms with Gasteiger partial charge in [-0.25, -0.2) is 4.39 Å². The van der Waals surface area contributed by atoms with Gasteiger partial charge in [0.25, 0.3) is 5.56 Å². The molecule has 1 aliphatic rings.